The van der Waals surface area contributed by atoms with E-state index in [4.69, 9.17) is 5.26 Å². The second-order valence-corrected chi connectivity index (χ2v) is 6.54. The van der Waals surface area contributed by atoms with Crippen molar-refractivity contribution in [2.45, 2.75) is 6.42 Å². The van der Waals surface area contributed by atoms with E-state index in [1.54, 1.807) is 36.4 Å². The molecule has 2 aromatic rings. The van der Waals surface area contributed by atoms with Crippen LogP contribution in [0.5, 0.6) is 0 Å². The molecule has 1 fully saturated rings. The first-order valence-electron chi connectivity index (χ1n) is 7.44. The van der Waals surface area contributed by atoms with Gasteiger partial charge in [0.1, 0.15) is 0 Å². The van der Waals surface area contributed by atoms with Gasteiger partial charge >= 0.3 is 0 Å². The van der Waals surface area contributed by atoms with Crippen LogP contribution in [-0.4, -0.2) is 11.8 Å². The molecule has 0 spiro atoms. The lowest BCUT2D eigenvalue weighted by Gasteiger charge is -2.06. The van der Waals surface area contributed by atoms with Crippen LogP contribution in [0.4, 0.5) is 11.4 Å². The highest BCUT2D eigenvalue weighted by molar-refractivity contribution is 9.10. The molecule has 2 unspecified atom stereocenters. The SMILES string of the molecule is N#Cc1ccc(NC(=O)C2CC2C(=O)Nc2ccc(Br)cc2)cc1. The van der Waals surface area contributed by atoms with Gasteiger partial charge in [-0.2, -0.15) is 5.26 Å². The van der Waals surface area contributed by atoms with E-state index in [2.05, 4.69) is 26.6 Å². The Morgan fingerprint density at radius 2 is 1.38 bits per heavy atom. The number of nitrogens with zero attached hydrogens (tertiary/aromatic N) is 1. The monoisotopic (exact) mass is 383 g/mol. The maximum absolute atomic E-state index is 12.2. The van der Waals surface area contributed by atoms with E-state index in [0.29, 0.717) is 23.4 Å². The fourth-order valence-electron chi connectivity index (χ4n) is 2.41. The van der Waals surface area contributed by atoms with E-state index in [9.17, 15) is 9.59 Å². The van der Waals surface area contributed by atoms with Crippen molar-refractivity contribution in [3.8, 4) is 6.07 Å². The van der Waals surface area contributed by atoms with Crippen molar-refractivity contribution in [2.24, 2.45) is 11.8 Å². The highest BCUT2D eigenvalue weighted by atomic mass is 79.9. The van der Waals surface area contributed by atoms with Crippen molar-refractivity contribution in [3.63, 3.8) is 0 Å². The minimum atomic E-state index is -0.309. The molecule has 24 heavy (non-hydrogen) atoms. The largest absolute Gasteiger partial charge is 0.326 e. The number of halogens is 1. The Bertz CT molecular complexity index is 810. The molecule has 3 rings (SSSR count). The fraction of sp³-hybridized carbons (Fsp3) is 0.167. The fourth-order valence-corrected chi connectivity index (χ4v) is 2.67. The average molecular weight is 384 g/mol. The van der Waals surface area contributed by atoms with E-state index < -0.39 is 0 Å². The summed E-state index contributed by atoms with van der Waals surface area (Å²) in [5.74, 6) is -0.920. The molecule has 2 aromatic carbocycles. The standard InChI is InChI=1S/C18H14BrN3O2/c19-12-3-7-14(8-4-12)22-18(24)16-9-15(16)17(23)21-13-5-1-11(10-20)2-6-13/h1-8,15-16H,9H2,(H,21,23)(H,22,24). The molecule has 6 heteroatoms. The highest BCUT2D eigenvalue weighted by Gasteiger charge is 2.48. The molecule has 1 aliphatic carbocycles. The zero-order valence-corrected chi connectivity index (χ0v) is 14.2. The summed E-state index contributed by atoms with van der Waals surface area (Å²) in [4.78, 5) is 24.4. The van der Waals surface area contributed by atoms with Crippen molar-refractivity contribution in [1.29, 1.82) is 5.26 Å². The first kappa shape index (κ1) is 16.2. The third kappa shape index (κ3) is 3.81. The van der Waals surface area contributed by atoms with Gasteiger partial charge in [-0.15, -0.1) is 0 Å². The number of nitrogens with one attached hydrogen (secondary N) is 2. The van der Waals surface area contributed by atoms with Crippen molar-refractivity contribution in [2.75, 3.05) is 10.6 Å². The van der Waals surface area contributed by atoms with Crippen molar-refractivity contribution < 1.29 is 9.59 Å². The molecule has 2 N–H and O–H groups in total. The van der Waals surface area contributed by atoms with Crippen LogP contribution in [0.25, 0.3) is 0 Å². The molecule has 0 aliphatic heterocycles. The summed E-state index contributed by atoms with van der Waals surface area (Å²) < 4.78 is 0.937. The van der Waals surface area contributed by atoms with Gasteiger partial charge in [0.15, 0.2) is 0 Å². The van der Waals surface area contributed by atoms with E-state index >= 15 is 0 Å². The summed E-state index contributed by atoms with van der Waals surface area (Å²) in [5, 5.41) is 14.4. The van der Waals surface area contributed by atoms with E-state index in [-0.39, 0.29) is 23.7 Å². The van der Waals surface area contributed by atoms with Crippen LogP contribution in [0.1, 0.15) is 12.0 Å². The zero-order valence-electron chi connectivity index (χ0n) is 12.6. The van der Waals surface area contributed by atoms with E-state index in [1.165, 1.54) is 0 Å². The Morgan fingerprint density at radius 1 is 0.917 bits per heavy atom. The summed E-state index contributed by atoms with van der Waals surface area (Å²) in [6.45, 7) is 0. The molecule has 5 nitrogen and oxygen atoms in total. The van der Waals surface area contributed by atoms with Gasteiger partial charge in [-0.05, 0) is 55.0 Å². The maximum atomic E-state index is 12.2. The van der Waals surface area contributed by atoms with Crippen LogP contribution in [0.3, 0.4) is 0 Å². The Labute approximate surface area is 147 Å². The zero-order chi connectivity index (χ0) is 17.1. The van der Waals surface area contributed by atoms with Gasteiger partial charge in [0, 0.05) is 15.8 Å². The second kappa shape index (κ2) is 6.85. The molecule has 0 radical (unpaired) electrons. The number of amides is 2. The number of anilines is 2. The van der Waals surface area contributed by atoms with Gasteiger partial charge in [-0.3, -0.25) is 9.59 Å². The number of hydrogen-bond acceptors (Lipinski definition) is 3. The molecule has 2 atom stereocenters. The number of benzene rings is 2. The second-order valence-electron chi connectivity index (χ2n) is 5.62. The van der Waals surface area contributed by atoms with Crippen molar-refractivity contribution in [3.05, 3.63) is 58.6 Å². The minimum Gasteiger partial charge on any atom is -0.326 e. The molecule has 2 amide bonds. The average Bonchev–Trinajstić information content (AvgIpc) is 3.38. The third-order valence-electron chi connectivity index (χ3n) is 3.86. The van der Waals surface area contributed by atoms with Gasteiger partial charge in [-0.1, -0.05) is 15.9 Å². The van der Waals surface area contributed by atoms with Crippen molar-refractivity contribution >= 4 is 39.1 Å². The topological polar surface area (TPSA) is 82.0 Å². The number of rotatable bonds is 4. The highest BCUT2D eigenvalue weighted by Crippen LogP contribution is 2.40. The van der Waals surface area contributed by atoms with E-state index in [1.807, 2.05) is 18.2 Å². The Balaban J connectivity index is 1.53. The molecule has 120 valence electrons. The quantitative estimate of drug-likeness (QED) is 0.846. The number of hydrogen-bond donors (Lipinski definition) is 2. The summed E-state index contributed by atoms with van der Waals surface area (Å²) in [5.41, 5.74) is 1.87. The van der Waals surface area contributed by atoms with Crippen LogP contribution in [0, 0.1) is 23.2 Å². The van der Waals surface area contributed by atoms with Gasteiger partial charge in [0.05, 0.1) is 23.5 Å². The van der Waals surface area contributed by atoms with Gasteiger partial charge in [0.25, 0.3) is 0 Å². The van der Waals surface area contributed by atoms with Crippen LogP contribution in [0.15, 0.2) is 53.0 Å². The van der Waals surface area contributed by atoms with Crippen LogP contribution in [0.2, 0.25) is 0 Å². The van der Waals surface area contributed by atoms with Gasteiger partial charge in [-0.25, -0.2) is 0 Å². The van der Waals surface area contributed by atoms with Crippen LogP contribution < -0.4 is 10.6 Å². The number of nitriles is 1. The molecule has 1 aliphatic rings. The number of carbonyl (C=O) groups is 2. The lowest BCUT2D eigenvalue weighted by atomic mass is 10.2. The molecule has 0 heterocycles. The molecule has 0 saturated heterocycles. The summed E-state index contributed by atoms with van der Waals surface area (Å²) in [7, 11) is 0. The molecular weight excluding hydrogens is 370 g/mol. The molecular formula is C18H14BrN3O2. The van der Waals surface area contributed by atoms with Crippen molar-refractivity contribution in [1.82, 2.24) is 0 Å². The lowest BCUT2D eigenvalue weighted by molar-refractivity contribution is -0.122. The summed E-state index contributed by atoms with van der Waals surface area (Å²) >= 11 is 3.34. The first-order valence-corrected chi connectivity index (χ1v) is 8.23. The third-order valence-corrected chi connectivity index (χ3v) is 4.39. The Morgan fingerprint density at radius 3 is 1.83 bits per heavy atom. The summed E-state index contributed by atoms with van der Waals surface area (Å²) in [6, 6.07) is 15.9. The lowest BCUT2D eigenvalue weighted by Crippen LogP contribution is -2.20. The first-order chi connectivity index (χ1) is 11.6. The summed E-state index contributed by atoms with van der Waals surface area (Å²) in [6.07, 6.45) is 0.546. The molecule has 1 saturated carbocycles. The molecule has 0 bridgehead atoms. The smallest absolute Gasteiger partial charge is 0.228 e. The molecule has 0 aromatic heterocycles. The van der Waals surface area contributed by atoms with Crippen LogP contribution >= 0.6 is 15.9 Å². The predicted octanol–water partition coefficient (Wildman–Crippen LogP) is 3.53. The van der Waals surface area contributed by atoms with Gasteiger partial charge in [0.2, 0.25) is 11.8 Å². The Kier molecular flexibility index (Phi) is 4.63. The minimum absolute atomic E-state index is 0.141. The maximum Gasteiger partial charge on any atom is 0.228 e. The van der Waals surface area contributed by atoms with E-state index in [0.717, 1.165) is 4.47 Å². The van der Waals surface area contributed by atoms with Crippen LogP contribution in [-0.2, 0) is 9.59 Å². The normalized spacial score (nSPS) is 18.3. The number of carbonyl (C=O) groups excluding carboxylic acids is 2. The van der Waals surface area contributed by atoms with Gasteiger partial charge < -0.3 is 10.6 Å². The Hall–Kier alpha value is -2.65. The predicted molar refractivity (Wildman–Crippen MR) is 94.2 cm³/mol.